The van der Waals surface area contributed by atoms with Gasteiger partial charge in [0.05, 0.1) is 28.2 Å². The van der Waals surface area contributed by atoms with Crippen molar-refractivity contribution in [2.45, 2.75) is 53.9 Å². The molecule has 1 N–H and O–H groups in total. The number of imide groups is 2. The Morgan fingerprint density at radius 2 is 1.63 bits per heavy atom. The summed E-state index contributed by atoms with van der Waals surface area (Å²) in [7, 11) is 1.40. The first-order valence-electron chi connectivity index (χ1n) is 17.3. The quantitative estimate of drug-likeness (QED) is 0.133. The molecule has 6 atom stereocenters. The molecule has 3 aliphatic heterocycles. The number of piperidine rings is 1. The van der Waals surface area contributed by atoms with Gasteiger partial charge in [-0.15, -0.1) is 23.2 Å². The van der Waals surface area contributed by atoms with Crippen molar-refractivity contribution in [3.05, 3.63) is 98.9 Å². The molecule has 0 unspecified atom stereocenters. The Labute approximate surface area is 323 Å². The number of halogens is 4. The first-order valence-corrected chi connectivity index (χ1v) is 19.1. The molecule has 13 heteroatoms. The maximum atomic E-state index is 14.6. The number of hydrogen-bond acceptors (Lipinski definition) is 7. The summed E-state index contributed by atoms with van der Waals surface area (Å²) in [5, 5.41) is 10.7. The first-order chi connectivity index (χ1) is 24.9. The molecular formula is C39H35Cl2FIN3O6. The lowest BCUT2D eigenvalue weighted by Gasteiger charge is -2.50. The van der Waals surface area contributed by atoms with Crippen LogP contribution < -0.4 is 9.64 Å². The zero-order valence-corrected chi connectivity index (χ0v) is 31.8. The molecule has 52 heavy (non-hydrogen) atoms. The minimum atomic E-state index is -2.09. The maximum Gasteiger partial charge on any atom is 0.258 e. The van der Waals surface area contributed by atoms with Gasteiger partial charge >= 0.3 is 0 Å². The van der Waals surface area contributed by atoms with Crippen LogP contribution in [0.4, 0.5) is 10.1 Å². The average molecular weight is 859 g/mol. The number of methoxy groups -OCH3 is 1. The second kappa shape index (κ2) is 13.1. The average Bonchev–Trinajstić information content (AvgIpc) is 3.48. The fourth-order valence-electron chi connectivity index (χ4n) is 9.25. The van der Waals surface area contributed by atoms with E-state index in [2.05, 4.69) is 17.0 Å². The number of fused-ring (bicyclic) bond motifs is 4. The molecule has 3 saturated heterocycles. The number of nitrogens with zero attached hydrogens (tertiary/aromatic N) is 3. The number of rotatable bonds is 6. The van der Waals surface area contributed by atoms with Crippen LogP contribution in [0.5, 0.6) is 11.5 Å². The summed E-state index contributed by atoms with van der Waals surface area (Å²) in [6, 6.07) is 18.1. The van der Waals surface area contributed by atoms with Crippen molar-refractivity contribution in [2.75, 3.05) is 25.1 Å². The van der Waals surface area contributed by atoms with Crippen molar-refractivity contribution < 1.29 is 33.4 Å². The van der Waals surface area contributed by atoms with Gasteiger partial charge in [-0.1, -0.05) is 42.0 Å². The minimum Gasteiger partial charge on any atom is -0.504 e. The molecule has 0 bridgehead atoms. The van der Waals surface area contributed by atoms with Crippen molar-refractivity contribution >= 4 is 75.1 Å². The number of likely N-dealkylation sites (tertiary alicyclic amines) is 2. The van der Waals surface area contributed by atoms with Crippen molar-refractivity contribution in [1.29, 1.82) is 0 Å². The number of carbonyl (C=O) groups is 4. The molecule has 3 aromatic rings. The molecule has 9 nitrogen and oxygen atoms in total. The molecule has 3 heterocycles. The molecule has 8 rings (SSSR count). The zero-order chi connectivity index (χ0) is 36.7. The SMILES string of the molecule is COc1cc([C@H]2C3=CC[C@@H]4C(=O)N(C5CCN(Cc6ccccc6)CC5)C(=O)[C@@H]4[C@@H]3C[C@@]3(Cl)C(=O)N(c4ccc(F)cc4)C(=O)[C@@]23Cl)cc(I)c1O. The van der Waals surface area contributed by atoms with E-state index < -0.39 is 51.1 Å². The van der Waals surface area contributed by atoms with Crippen molar-refractivity contribution in [3.63, 3.8) is 0 Å². The third kappa shape index (κ3) is 5.24. The van der Waals surface area contributed by atoms with Crippen LogP contribution in [0, 0.1) is 27.1 Å². The number of benzene rings is 3. The zero-order valence-electron chi connectivity index (χ0n) is 28.1. The van der Waals surface area contributed by atoms with E-state index >= 15 is 0 Å². The number of phenols is 1. The van der Waals surface area contributed by atoms with Gasteiger partial charge in [-0.2, -0.15) is 0 Å². The molecule has 2 aliphatic carbocycles. The third-order valence-corrected chi connectivity index (χ3v) is 13.9. The second-order valence-electron chi connectivity index (χ2n) is 14.3. The van der Waals surface area contributed by atoms with Crippen molar-refractivity contribution in [2.24, 2.45) is 17.8 Å². The van der Waals surface area contributed by atoms with Crippen LogP contribution in [0.2, 0.25) is 0 Å². The van der Waals surface area contributed by atoms with Gasteiger partial charge in [0, 0.05) is 31.6 Å². The van der Waals surface area contributed by atoms with Gasteiger partial charge in [-0.25, -0.2) is 9.29 Å². The van der Waals surface area contributed by atoms with Crippen LogP contribution in [0.15, 0.2) is 78.4 Å². The van der Waals surface area contributed by atoms with E-state index in [1.54, 1.807) is 12.1 Å². The number of hydrogen-bond donors (Lipinski definition) is 1. The van der Waals surface area contributed by atoms with E-state index in [0.717, 1.165) is 36.7 Å². The van der Waals surface area contributed by atoms with E-state index in [0.29, 0.717) is 27.5 Å². The number of alkyl halides is 2. The van der Waals surface area contributed by atoms with Crippen LogP contribution in [-0.4, -0.2) is 74.5 Å². The smallest absolute Gasteiger partial charge is 0.258 e. The van der Waals surface area contributed by atoms with Gasteiger partial charge in [0.15, 0.2) is 21.2 Å². The predicted molar refractivity (Wildman–Crippen MR) is 201 cm³/mol. The Bertz CT molecular complexity index is 2030. The Hall–Kier alpha value is -3.52. The summed E-state index contributed by atoms with van der Waals surface area (Å²) in [5.74, 6) is -5.83. The summed E-state index contributed by atoms with van der Waals surface area (Å²) < 4.78 is 19.8. The number of phenolic OH excluding ortho intramolecular Hbond substituents is 1. The molecule has 0 radical (unpaired) electrons. The van der Waals surface area contributed by atoms with E-state index in [9.17, 15) is 28.7 Å². The number of carbonyl (C=O) groups excluding carboxylic acids is 4. The van der Waals surface area contributed by atoms with Crippen LogP contribution in [0.3, 0.4) is 0 Å². The lowest BCUT2D eigenvalue weighted by Crippen LogP contribution is -2.60. The fourth-order valence-corrected chi connectivity index (χ4v) is 10.8. The van der Waals surface area contributed by atoms with Gasteiger partial charge in [-0.05, 0) is 102 Å². The highest BCUT2D eigenvalue weighted by Crippen LogP contribution is 2.66. The summed E-state index contributed by atoms with van der Waals surface area (Å²) in [6.07, 6.45) is 3.26. The number of anilines is 1. The molecule has 3 aromatic carbocycles. The predicted octanol–water partition coefficient (Wildman–Crippen LogP) is 6.37. The molecule has 270 valence electrons. The summed E-state index contributed by atoms with van der Waals surface area (Å²) in [6.45, 7) is 2.26. The topological polar surface area (TPSA) is 107 Å². The Morgan fingerprint density at radius 1 is 0.942 bits per heavy atom. The number of allylic oxidation sites excluding steroid dienone is 2. The molecular weight excluding hydrogens is 823 g/mol. The van der Waals surface area contributed by atoms with E-state index in [-0.39, 0.29) is 47.9 Å². The van der Waals surface area contributed by atoms with E-state index in [4.69, 9.17) is 27.9 Å². The number of amides is 4. The standard InChI is InChI=1S/C39H35Cl2FIN3O6/c1-52-30-18-22(17-29(43)33(30)47)32-26-11-12-27-31(35(49)45(34(27)48)25-13-15-44(16-14-25)20-21-5-3-2-4-6-21)28(26)19-38(40)36(50)46(37(51)39(32,38)41)24-9-7-23(42)8-10-24/h2-11,17-18,25,27-28,31-32,47H,12-16,19-20H2,1H3/t27-,28+,31-,32-,38+,39-/m0/s1. The highest BCUT2D eigenvalue weighted by atomic mass is 127. The summed E-state index contributed by atoms with van der Waals surface area (Å²) in [5.41, 5.74) is 2.40. The van der Waals surface area contributed by atoms with Gasteiger partial charge in [0.25, 0.3) is 11.8 Å². The summed E-state index contributed by atoms with van der Waals surface area (Å²) in [4.78, 5) is 58.5. The van der Waals surface area contributed by atoms with Crippen molar-refractivity contribution in [1.82, 2.24) is 9.80 Å². The second-order valence-corrected chi connectivity index (χ2v) is 16.7. The molecule has 1 saturated carbocycles. The number of aromatic hydroxyl groups is 1. The van der Waals surface area contributed by atoms with Gasteiger partial charge < -0.3 is 9.84 Å². The Morgan fingerprint density at radius 3 is 2.31 bits per heavy atom. The van der Waals surface area contributed by atoms with E-state index in [1.807, 2.05) is 46.9 Å². The highest BCUT2D eigenvalue weighted by Gasteiger charge is 2.76. The molecule has 4 fully saturated rings. The van der Waals surface area contributed by atoms with Crippen LogP contribution in [0.1, 0.15) is 42.7 Å². The van der Waals surface area contributed by atoms with Crippen LogP contribution in [0.25, 0.3) is 0 Å². The normalized spacial score (nSPS) is 30.7. The summed E-state index contributed by atoms with van der Waals surface area (Å²) >= 11 is 16.9. The van der Waals surface area contributed by atoms with Gasteiger partial charge in [0.2, 0.25) is 11.8 Å². The van der Waals surface area contributed by atoms with Crippen LogP contribution >= 0.6 is 45.8 Å². The number of ether oxygens (including phenoxy) is 1. The largest absolute Gasteiger partial charge is 0.504 e. The van der Waals surface area contributed by atoms with Crippen LogP contribution in [-0.2, 0) is 25.7 Å². The lowest BCUT2D eigenvalue weighted by atomic mass is 9.56. The Balaban J connectivity index is 1.17. The highest BCUT2D eigenvalue weighted by molar-refractivity contribution is 14.1. The fraction of sp³-hybridized carbons (Fsp3) is 0.385. The molecule has 0 spiro atoms. The molecule has 4 amide bonds. The Kier molecular flexibility index (Phi) is 8.95. The lowest BCUT2D eigenvalue weighted by molar-refractivity contribution is -0.144. The van der Waals surface area contributed by atoms with Gasteiger partial charge in [-0.3, -0.25) is 29.0 Å². The first kappa shape index (κ1) is 35.5. The van der Waals surface area contributed by atoms with E-state index in [1.165, 1.54) is 29.7 Å². The molecule has 0 aromatic heterocycles. The molecule has 5 aliphatic rings. The van der Waals surface area contributed by atoms with Gasteiger partial charge in [0.1, 0.15) is 5.82 Å². The van der Waals surface area contributed by atoms with Crippen molar-refractivity contribution in [3.8, 4) is 11.5 Å². The maximum absolute atomic E-state index is 14.6. The minimum absolute atomic E-state index is 0.106. The third-order valence-electron chi connectivity index (χ3n) is 11.7. The monoisotopic (exact) mass is 857 g/mol.